The van der Waals surface area contributed by atoms with Gasteiger partial charge in [-0.25, -0.2) is 17.7 Å². The largest absolute Gasteiger partial charge is 0.250 e. The Morgan fingerprint density at radius 2 is 2.00 bits per heavy atom. The highest BCUT2D eigenvalue weighted by Crippen LogP contribution is 2.45. The Balaban J connectivity index is 1.65. The molecule has 1 spiro atoms. The van der Waals surface area contributed by atoms with Crippen molar-refractivity contribution < 1.29 is 8.42 Å². The van der Waals surface area contributed by atoms with Crippen LogP contribution in [-0.4, -0.2) is 36.5 Å². The molecule has 1 aliphatic carbocycles. The van der Waals surface area contributed by atoms with Gasteiger partial charge in [0, 0.05) is 18.0 Å². The van der Waals surface area contributed by atoms with Crippen LogP contribution in [-0.2, 0) is 16.4 Å². The molecule has 0 radical (unpaired) electrons. The molecule has 2 fully saturated rings. The Labute approximate surface area is 131 Å². The lowest BCUT2D eigenvalue weighted by molar-refractivity contribution is 0.152. The summed E-state index contributed by atoms with van der Waals surface area (Å²) in [6.45, 7) is 3.43. The third-order valence-electron chi connectivity index (χ3n) is 5.12. The van der Waals surface area contributed by atoms with Crippen LogP contribution in [0, 0.1) is 12.3 Å². The third kappa shape index (κ3) is 3.32. The SMILES string of the molecule is Cc1ncsc1CCS(=O)(=O)N1CCCC2(CCCC2)C1. The van der Waals surface area contributed by atoms with Gasteiger partial charge in [0.15, 0.2) is 0 Å². The van der Waals surface area contributed by atoms with Crippen molar-refractivity contribution in [2.75, 3.05) is 18.8 Å². The highest BCUT2D eigenvalue weighted by Gasteiger charge is 2.41. The minimum absolute atomic E-state index is 0.228. The number of hydrogen-bond donors (Lipinski definition) is 0. The molecule has 0 amide bonds. The average molecular weight is 329 g/mol. The molecule has 0 bridgehead atoms. The first-order chi connectivity index (χ1) is 10.0. The summed E-state index contributed by atoms with van der Waals surface area (Å²) in [5, 5.41) is 0. The van der Waals surface area contributed by atoms with Crippen LogP contribution in [0.1, 0.15) is 49.1 Å². The van der Waals surface area contributed by atoms with Gasteiger partial charge in [0.05, 0.1) is 17.0 Å². The summed E-state index contributed by atoms with van der Waals surface area (Å²) < 4.78 is 27.1. The Morgan fingerprint density at radius 3 is 2.67 bits per heavy atom. The summed E-state index contributed by atoms with van der Waals surface area (Å²) in [7, 11) is -3.13. The van der Waals surface area contributed by atoms with E-state index in [9.17, 15) is 8.42 Å². The van der Waals surface area contributed by atoms with E-state index in [1.807, 2.05) is 6.92 Å². The lowest BCUT2D eigenvalue weighted by atomic mass is 9.79. The second-order valence-corrected chi connectivity index (χ2v) is 9.60. The second kappa shape index (κ2) is 5.97. The molecule has 0 N–H and O–H groups in total. The van der Waals surface area contributed by atoms with Crippen LogP contribution in [0.4, 0.5) is 0 Å². The van der Waals surface area contributed by atoms with Gasteiger partial charge in [-0.3, -0.25) is 0 Å². The first kappa shape index (κ1) is 15.4. The molecule has 1 aromatic rings. The predicted octanol–water partition coefficient (Wildman–Crippen LogP) is 2.98. The molecular weight excluding hydrogens is 304 g/mol. The van der Waals surface area contributed by atoms with Crippen LogP contribution < -0.4 is 0 Å². The minimum atomic E-state index is -3.13. The minimum Gasteiger partial charge on any atom is -0.250 e. The Bertz CT molecular complexity index is 589. The van der Waals surface area contributed by atoms with Crippen LogP contribution in [0.2, 0.25) is 0 Å². The predicted molar refractivity (Wildman–Crippen MR) is 86.0 cm³/mol. The van der Waals surface area contributed by atoms with Gasteiger partial charge in [-0.1, -0.05) is 12.8 Å². The molecule has 1 aromatic heterocycles. The van der Waals surface area contributed by atoms with Gasteiger partial charge in [0.25, 0.3) is 0 Å². The summed E-state index contributed by atoms with van der Waals surface area (Å²) >= 11 is 1.56. The summed E-state index contributed by atoms with van der Waals surface area (Å²) in [6.07, 6.45) is 7.82. The number of thiazole rings is 1. The topological polar surface area (TPSA) is 50.3 Å². The van der Waals surface area contributed by atoms with Crippen LogP contribution in [0.25, 0.3) is 0 Å². The van der Waals surface area contributed by atoms with Gasteiger partial charge in [-0.2, -0.15) is 0 Å². The van der Waals surface area contributed by atoms with Gasteiger partial charge >= 0.3 is 0 Å². The quantitative estimate of drug-likeness (QED) is 0.854. The van der Waals surface area contributed by atoms with E-state index >= 15 is 0 Å². The second-order valence-electron chi connectivity index (χ2n) is 6.57. The van der Waals surface area contributed by atoms with E-state index in [0.717, 1.165) is 23.5 Å². The van der Waals surface area contributed by atoms with Crippen molar-refractivity contribution in [2.45, 2.75) is 51.9 Å². The van der Waals surface area contributed by atoms with E-state index in [1.165, 1.54) is 32.1 Å². The fourth-order valence-corrected chi connectivity index (χ4v) is 6.36. The number of rotatable bonds is 4. The highest BCUT2D eigenvalue weighted by atomic mass is 32.2. The number of nitrogens with zero attached hydrogens (tertiary/aromatic N) is 2. The zero-order valence-electron chi connectivity index (χ0n) is 12.7. The Hall–Kier alpha value is -0.460. The first-order valence-electron chi connectivity index (χ1n) is 7.88. The fourth-order valence-electron chi connectivity index (χ4n) is 3.85. The number of hydrogen-bond acceptors (Lipinski definition) is 4. The van der Waals surface area contributed by atoms with Crippen molar-refractivity contribution in [3.05, 3.63) is 16.1 Å². The van der Waals surface area contributed by atoms with E-state index in [0.29, 0.717) is 18.4 Å². The maximum absolute atomic E-state index is 12.6. The molecule has 0 atom stereocenters. The molecule has 4 nitrogen and oxygen atoms in total. The van der Waals surface area contributed by atoms with E-state index in [2.05, 4.69) is 4.98 Å². The van der Waals surface area contributed by atoms with Gasteiger partial charge in [-0.15, -0.1) is 11.3 Å². The molecule has 118 valence electrons. The third-order valence-corrected chi connectivity index (χ3v) is 7.93. The van der Waals surface area contributed by atoms with Crippen molar-refractivity contribution in [1.82, 2.24) is 9.29 Å². The summed E-state index contributed by atoms with van der Waals surface area (Å²) in [5.41, 5.74) is 3.07. The molecule has 1 saturated heterocycles. The molecule has 0 unspecified atom stereocenters. The van der Waals surface area contributed by atoms with E-state index < -0.39 is 10.0 Å². The monoisotopic (exact) mass is 328 g/mol. The van der Waals surface area contributed by atoms with E-state index in [4.69, 9.17) is 0 Å². The molecule has 2 heterocycles. The number of sulfonamides is 1. The summed E-state index contributed by atoms with van der Waals surface area (Å²) in [6, 6.07) is 0. The molecule has 0 aromatic carbocycles. The molecule has 21 heavy (non-hydrogen) atoms. The first-order valence-corrected chi connectivity index (χ1v) is 10.4. The standard InChI is InChI=1S/C15H24N2O2S2/c1-13-14(20-12-16-13)5-10-21(18,19)17-9-4-8-15(11-17)6-2-3-7-15/h12H,2-11H2,1H3. The van der Waals surface area contributed by atoms with Crippen molar-refractivity contribution in [3.8, 4) is 0 Å². The number of piperidine rings is 1. The van der Waals surface area contributed by atoms with Crippen molar-refractivity contribution in [1.29, 1.82) is 0 Å². The van der Waals surface area contributed by atoms with Crippen LogP contribution in [0.3, 0.4) is 0 Å². The average Bonchev–Trinajstić information content (AvgIpc) is 3.07. The zero-order chi connectivity index (χ0) is 14.9. The van der Waals surface area contributed by atoms with Gasteiger partial charge in [0.1, 0.15) is 0 Å². The van der Waals surface area contributed by atoms with Crippen LogP contribution in [0.5, 0.6) is 0 Å². The maximum atomic E-state index is 12.6. The Kier molecular flexibility index (Phi) is 4.39. The maximum Gasteiger partial charge on any atom is 0.214 e. The molecule has 3 rings (SSSR count). The summed E-state index contributed by atoms with van der Waals surface area (Å²) in [5.74, 6) is 0.228. The molecule has 1 aliphatic heterocycles. The molecular formula is C15H24N2O2S2. The highest BCUT2D eigenvalue weighted by molar-refractivity contribution is 7.89. The van der Waals surface area contributed by atoms with Gasteiger partial charge in [0.2, 0.25) is 10.0 Å². The Morgan fingerprint density at radius 1 is 1.29 bits per heavy atom. The number of aryl methyl sites for hydroxylation is 2. The molecule has 6 heteroatoms. The molecule has 2 aliphatic rings. The van der Waals surface area contributed by atoms with E-state index in [-0.39, 0.29) is 5.75 Å². The van der Waals surface area contributed by atoms with Crippen molar-refractivity contribution in [2.24, 2.45) is 5.41 Å². The lowest BCUT2D eigenvalue weighted by Gasteiger charge is -2.39. The van der Waals surface area contributed by atoms with Crippen molar-refractivity contribution >= 4 is 21.4 Å². The van der Waals surface area contributed by atoms with Crippen LogP contribution >= 0.6 is 11.3 Å². The summed E-state index contributed by atoms with van der Waals surface area (Å²) in [4.78, 5) is 5.30. The number of aromatic nitrogens is 1. The van der Waals surface area contributed by atoms with Crippen molar-refractivity contribution in [3.63, 3.8) is 0 Å². The molecule has 1 saturated carbocycles. The van der Waals surface area contributed by atoms with Gasteiger partial charge in [-0.05, 0) is 44.4 Å². The van der Waals surface area contributed by atoms with E-state index in [1.54, 1.807) is 21.2 Å². The normalized spacial score (nSPS) is 22.9. The fraction of sp³-hybridized carbons (Fsp3) is 0.800. The zero-order valence-corrected chi connectivity index (χ0v) is 14.3. The smallest absolute Gasteiger partial charge is 0.214 e. The van der Waals surface area contributed by atoms with Gasteiger partial charge < -0.3 is 0 Å². The van der Waals surface area contributed by atoms with Crippen LogP contribution in [0.15, 0.2) is 5.51 Å². The lowest BCUT2D eigenvalue weighted by Crippen LogP contribution is -2.46.